The van der Waals surface area contributed by atoms with E-state index in [2.05, 4.69) is 27.6 Å². The van der Waals surface area contributed by atoms with Gasteiger partial charge < -0.3 is 10.2 Å². The van der Waals surface area contributed by atoms with Crippen LogP contribution in [0.15, 0.2) is 30.3 Å². The Hall–Kier alpha value is -2.28. The second kappa shape index (κ2) is 7.53. The van der Waals surface area contributed by atoms with E-state index in [-0.39, 0.29) is 29.7 Å². The van der Waals surface area contributed by atoms with Crippen LogP contribution in [0.25, 0.3) is 0 Å². The van der Waals surface area contributed by atoms with E-state index in [9.17, 15) is 9.59 Å². The zero-order valence-electron chi connectivity index (χ0n) is 15.4. The molecule has 2 aromatic rings. The van der Waals surface area contributed by atoms with Crippen LogP contribution in [-0.4, -0.2) is 39.0 Å². The summed E-state index contributed by atoms with van der Waals surface area (Å²) >= 11 is 1.39. The van der Waals surface area contributed by atoms with Crippen molar-refractivity contribution >= 4 is 28.3 Å². The van der Waals surface area contributed by atoms with Crippen LogP contribution < -0.4 is 5.32 Å². The molecule has 0 bridgehead atoms. The third-order valence-electron chi connectivity index (χ3n) is 4.47. The number of aryl methyl sites for hydroxylation is 2. The molecule has 6 nitrogen and oxygen atoms in total. The van der Waals surface area contributed by atoms with Gasteiger partial charge in [0.1, 0.15) is 5.01 Å². The van der Waals surface area contributed by atoms with Gasteiger partial charge in [-0.2, -0.15) is 0 Å². The monoisotopic (exact) mass is 372 g/mol. The first-order valence-electron chi connectivity index (χ1n) is 8.80. The van der Waals surface area contributed by atoms with Crippen molar-refractivity contribution in [1.82, 2.24) is 15.1 Å². The molecule has 1 atom stereocenters. The Morgan fingerprint density at radius 3 is 2.62 bits per heavy atom. The number of anilines is 1. The number of likely N-dealkylation sites (tertiary alicyclic amines) is 1. The lowest BCUT2D eigenvalue weighted by Gasteiger charge is -2.31. The van der Waals surface area contributed by atoms with Crippen LogP contribution in [0.3, 0.4) is 0 Å². The quantitative estimate of drug-likeness (QED) is 0.876. The number of benzene rings is 1. The first-order valence-corrected chi connectivity index (χ1v) is 9.62. The number of rotatable bonds is 5. The van der Waals surface area contributed by atoms with Crippen LogP contribution in [0, 0.1) is 5.92 Å². The Morgan fingerprint density at radius 2 is 1.96 bits per heavy atom. The van der Waals surface area contributed by atoms with Crippen molar-refractivity contribution in [2.45, 2.75) is 45.6 Å². The van der Waals surface area contributed by atoms with E-state index in [1.54, 1.807) is 4.90 Å². The van der Waals surface area contributed by atoms with E-state index in [0.29, 0.717) is 11.7 Å². The predicted molar refractivity (Wildman–Crippen MR) is 102 cm³/mol. The molecule has 7 heteroatoms. The molecule has 1 aliphatic heterocycles. The maximum Gasteiger partial charge on any atom is 0.231 e. The van der Waals surface area contributed by atoms with E-state index < -0.39 is 0 Å². The normalized spacial score (nSPS) is 17.6. The molecular formula is C19H24N4O2S. The van der Waals surface area contributed by atoms with Crippen molar-refractivity contribution in [3.63, 3.8) is 0 Å². The summed E-state index contributed by atoms with van der Waals surface area (Å²) < 4.78 is 0. The molecule has 1 N–H and O–H groups in total. The molecule has 3 rings (SSSR count). The molecule has 1 fully saturated rings. The van der Waals surface area contributed by atoms with Crippen LogP contribution in [0.2, 0.25) is 0 Å². The summed E-state index contributed by atoms with van der Waals surface area (Å²) in [7, 11) is 0. The molecule has 0 aliphatic carbocycles. The molecule has 1 aromatic heterocycles. The van der Waals surface area contributed by atoms with Crippen molar-refractivity contribution in [1.29, 1.82) is 0 Å². The number of aromatic nitrogens is 2. The highest BCUT2D eigenvalue weighted by Gasteiger charge is 2.39. The van der Waals surface area contributed by atoms with Gasteiger partial charge in [-0.15, -0.1) is 10.2 Å². The van der Waals surface area contributed by atoms with Gasteiger partial charge in [-0.05, 0) is 32.8 Å². The van der Waals surface area contributed by atoms with Gasteiger partial charge in [0.05, 0.1) is 5.92 Å². The minimum absolute atomic E-state index is 0.0264. The van der Waals surface area contributed by atoms with Gasteiger partial charge >= 0.3 is 0 Å². The van der Waals surface area contributed by atoms with Gasteiger partial charge in [-0.3, -0.25) is 9.59 Å². The average Bonchev–Trinajstić information content (AvgIpc) is 3.20. The fraction of sp³-hybridized carbons (Fsp3) is 0.474. The molecule has 0 unspecified atom stereocenters. The molecule has 138 valence electrons. The molecule has 1 aromatic carbocycles. The van der Waals surface area contributed by atoms with E-state index in [1.807, 2.05) is 39.0 Å². The Bertz CT molecular complexity index is 782. The van der Waals surface area contributed by atoms with E-state index in [0.717, 1.165) is 17.8 Å². The standard InChI is InChI=1S/C19H24N4O2S/c1-19(2,3)23-12-14(11-16(23)24)17(25)20-18-22-21-15(26-18)10-9-13-7-5-4-6-8-13/h4-8,14H,9-12H2,1-3H3,(H,20,22,25)/t14-/m0/s1. The summed E-state index contributed by atoms with van der Waals surface area (Å²) in [6.07, 6.45) is 1.93. The van der Waals surface area contributed by atoms with Gasteiger partial charge in [0, 0.05) is 24.9 Å². The minimum Gasteiger partial charge on any atom is -0.337 e. The van der Waals surface area contributed by atoms with Gasteiger partial charge in [-0.25, -0.2) is 0 Å². The number of hydrogen-bond donors (Lipinski definition) is 1. The molecule has 1 aliphatic rings. The molecule has 2 amide bonds. The molecule has 2 heterocycles. The van der Waals surface area contributed by atoms with Gasteiger partial charge in [-0.1, -0.05) is 41.7 Å². The molecule has 26 heavy (non-hydrogen) atoms. The van der Waals surface area contributed by atoms with Crippen molar-refractivity contribution in [2.24, 2.45) is 5.92 Å². The average molecular weight is 372 g/mol. The highest BCUT2D eigenvalue weighted by molar-refractivity contribution is 7.15. The lowest BCUT2D eigenvalue weighted by Crippen LogP contribution is -2.42. The number of carbonyl (C=O) groups excluding carboxylic acids is 2. The van der Waals surface area contributed by atoms with Crippen LogP contribution in [0.4, 0.5) is 5.13 Å². The summed E-state index contributed by atoms with van der Waals surface area (Å²) in [6.45, 7) is 6.40. The lowest BCUT2D eigenvalue weighted by molar-refractivity contribution is -0.131. The van der Waals surface area contributed by atoms with Crippen molar-refractivity contribution in [3.8, 4) is 0 Å². The molecule has 0 radical (unpaired) electrons. The Balaban J connectivity index is 1.54. The Labute approximate surface area is 157 Å². The summed E-state index contributed by atoms with van der Waals surface area (Å²) in [5.41, 5.74) is 0.986. The second-order valence-corrected chi connectivity index (χ2v) is 8.61. The van der Waals surface area contributed by atoms with Crippen molar-refractivity contribution in [3.05, 3.63) is 40.9 Å². The third-order valence-corrected chi connectivity index (χ3v) is 5.37. The maximum absolute atomic E-state index is 12.5. The first-order chi connectivity index (χ1) is 12.3. The highest BCUT2D eigenvalue weighted by Crippen LogP contribution is 2.27. The second-order valence-electron chi connectivity index (χ2n) is 7.55. The Kier molecular flexibility index (Phi) is 5.36. The lowest BCUT2D eigenvalue weighted by atomic mass is 10.1. The summed E-state index contributed by atoms with van der Waals surface area (Å²) in [5.74, 6) is -0.465. The summed E-state index contributed by atoms with van der Waals surface area (Å²) in [6, 6.07) is 10.2. The Morgan fingerprint density at radius 1 is 1.23 bits per heavy atom. The van der Waals surface area contributed by atoms with Crippen molar-refractivity contribution in [2.75, 3.05) is 11.9 Å². The van der Waals surface area contributed by atoms with Crippen molar-refractivity contribution < 1.29 is 9.59 Å². The maximum atomic E-state index is 12.5. The number of nitrogens with zero attached hydrogens (tertiary/aromatic N) is 3. The number of nitrogens with one attached hydrogen (secondary N) is 1. The molecular weight excluding hydrogens is 348 g/mol. The summed E-state index contributed by atoms with van der Waals surface area (Å²) in [5, 5.41) is 12.4. The third kappa shape index (κ3) is 4.46. The van der Waals surface area contributed by atoms with Gasteiger partial charge in [0.2, 0.25) is 16.9 Å². The topological polar surface area (TPSA) is 75.2 Å². The van der Waals surface area contributed by atoms with Crippen LogP contribution in [0.1, 0.15) is 37.8 Å². The number of amides is 2. The van der Waals surface area contributed by atoms with Crippen LogP contribution in [-0.2, 0) is 22.4 Å². The van der Waals surface area contributed by atoms with E-state index >= 15 is 0 Å². The van der Waals surface area contributed by atoms with Gasteiger partial charge in [0.15, 0.2) is 0 Å². The number of carbonyl (C=O) groups is 2. The first kappa shape index (κ1) is 18.5. The van der Waals surface area contributed by atoms with Crippen LogP contribution in [0.5, 0.6) is 0 Å². The molecule has 0 spiro atoms. The van der Waals surface area contributed by atoms with Gasteiger partial charge in [0.25, 0.3) is 0 Å². The van der Waals surface area contributed by atoms with E-state index in [4.69, 9.17) is 0 Å². The molecule has 1 saturated heterocycles. The largest absolute Gasteiger partial charge is 0.337 e. The highest BCUT2D eigenvalue weighted by atomic mass is 32.1. The fourth-order valence-corrected chi connectivity index (χ4v) is 3.78. The minimum atomic E-state index is -0.335. The predicted octanol–water partition coefficient (Wildman–Crippen LogP) is 2.91. The SMILES string of the molecule is CC(C)(C)N1C[C@@H](C(=O)Nc2nnc(CCc3ccccc3)s2)CC1=O. The zero-order chi connectivity index (χ0) is 18.7. The number of hydrogen-bond acceptors (Lipinski definition) is 5. The molecule has 0 saturated carbocycles. The summed E-state index contributed by atoms with van der Waals surface area (Å²) in [4.78, 5) is 26.4. The zero-order valence-corrected chi connectivity index (χ0v) is 16.2. The fourth-order valence-electron chi connectivity index (χ4n) is 3.04. The van der Waals surface area contributed by atoms with E-state index in [1.165, 1.54) is 16.9 Å². The van der Waals surface area contributed by atoms with Crippen LogP contribution >= 0.6 is 11.3 Å². The smallest absolute Gasteiger partial charge is 0.231 e.